The smallest absolute Gasteiger partial charge is 0.406 e. The van der Waals surface area contributed by atoms with Crippen molar-refractivity contribution in [3.05, 3.63) is 46.7 Å². The van der Waals surface area contributed by atoms with Gasteiger partial charge in [0.1, 0.15) is 33.6 Å². The maximum atomic E-state index is 14.0. The lowest BCUT2D eigenvalue weighted by Crippen LogP contribution is -2.28. The fraction of sp³-hybridized carbons (Fsp3) is 0.176. The van der Waals surface area contributed by atoms with Crippen molar-refractivity contribution >= 4 is 27.8 Å². The molecule has 0 saturated heterocycles. The molecule has 0 spiro atoms. The maximum Gasteiger partial charge on any atom is 0.406 e. The third-order valence-electron chi connectivity index (χ3n) is 3.60. The molecule has 3 rings (SSSR count). The molecule has 3 aromatic rings. The number of halogens is 3. The fourth-order valence-electron chi connectivity index (χ4n) is 2.31. The number of carbonyl (C=O) groups is 1. The number of hydrogen-bond donors (Lipinski definition) is 3. The van der Waals surface area contributed by atoms with Crippen LogP contribution in [0.15, 0.2) is 35.1 Å². The number of aromatic nitrogens is 4. The van der Waals surface area contributed by atoms with Crippen molar-refractivity contribution in [2.45, 2.75) is 0 Å². The predicted octanol–water partition coefficient (Wildman–Crippen LogP) is 3.34. The van der Waals surface area contributed by atoms with Gasteiger partial charge < -0.3 is 20.4 Å². The van der Waals surface area contributed by atoms with Gasteiger partial charge in [-0.15, -0.1) is 0 Å². The Morgan fingerprint density at radius 3 is 2.82 bits per heavy atom. The Kier molecular flexibility index (Phi) is 6.14. The predicted molar refractivity (Wildman–Crippen MR) is 102 cm³/mol. The summed E-state index contributed by atoms with van der Waals surface area (Å²) in [5, 5.41) is 5.57. The largest absolute Gasteiger partial charge is 0.453 e. The van der Waals surface area contributed by atoms with E-state index in [1.807, 2.05) is 0 Å². The summed E-state index contributed by atoms with van der Waals surface area (Å²) in [6.07, 6.45) is 1.02. The molecule has 0 aliphatic heterocycles. The topological polar surface area (TPSA) is 105 Å². The van der Waals surface area contributed by atoms with Crippen LogP contribution in [0.1, 0.15) is 0 Å². The number of carbonyl (C=O) groups excluding carboxylic acids is 1. The number of hydrogen-bond acceptors (Lipinski definition) is 6. The van der Waals surface area contributed by atoms with E-state index in [1.54, 1.807) is 6.07 Å². The molecule has 0 fully saturated rings. The molecule has 2 heterocycles. The van der Waals surface area contributed by atoms with E-state index in [0.717, 1.165) is 12.1 Å². The number of aromatic amines is 1. The molecular formula is C17H15BrF2N6O2. The van der Waals surface area contributed by atoms with Gasteiger partial charge in [-0.2, -0.15) is 0 Å². The molecule has 1 amide bonds. The summed E-state index contributed by atoms with van der Waals surface area (Å²) in [6.45, 7) is 0.755. The number of imidazole rings is 1. The molecular weight excluding hydrogens is 438 g/mol. The van der Waals surface area contributed by atoms with Gasteiger partial charge in [-0.25, -0.2) is 28.5 Å². The molecule has 11 heteroatoms. The van der Waals surface area contributed by atoms with Crippen molar-refractivity contribution in [1.82, 2.24) is 25.3 Å². The highest BCUT2D eigenvalue weighted by Gasteiger charge is 2.17. The molecule has 8 nitrogen and oxygen atoms in total. The zero-order valence-corrected chi connectivity index (χ0v) is 16.2. The van der Waals surface area contributed by atoms with Crippen LogP contribution in [-0.2, 0) is 4.74 Å². The Balaban J connectivity index is 1.77. The van der Waals surface area contributed by atoms with Crippen molar-refractivity contribution in [2.24, 2.45) is 0 Å². The van der Waals surface area contributed by atoms with Gasteiger partial charge in [0.25, 0.3) is 0 Å². The van der Waals surface area contributed by atoms with E-state index < -0.39 is 17.7 Å². The number of amides is 1. The van der Waals surface area contributed by atoms with E-state index in [2.05, 4.69) is 51.2 Å². The average molecular weight is 453 g/mol. The minimum atomic E-state index is -0.734. The van der Waals surface area contributed by atoms with E-state index in [4.69, 9.17) is 0 Å². The number of anilines is 1. The highest BCUT2D eigenvalue weighted by Crippen LogP contribution is 2.29. The van der Waals surface area contributed by atoms with E-state index in [-0.39, 0.29) is 11.4 Å². The molecule has 0 aliphatic carbocycles. The Morgan fingerprint density at radius 2 is 2.07 bits per heavy atom. The van der Waals surface area contributed by atoms with Gasteiger partial charge in [0.15, 0.2) is 5.82 Å². The van der Waals surface area contributed by atoms with E-state index >= 15 is 0 Å². The number of nitrogens with zero attached hydrogens (tertiary/aromatic N) is 3. The summed E-state index contributed by atoms with van der Waals surface area (Å²) in [6, 6.07) is 4.89. The van der Waals surface area contributed by atoms with Crippen LogP contribution in [0.4, 0.5) is 19.4 Å². The Bertz CT molecular complexity index is 998. The van der Waals surface area contributed by atoms with Crippen molar-refractivity contribution in [3.8, 4) is 22.9 Å². The second-order valence-electron chi connectivity index (χ2n) is 5.48. The van der Waals surface area contributed by atoms with Crippen LogP contribution in [0, 0.1) is 11.6 Å². The van der Waals surface area contributed by atoms with Crippen LogP contribution in [-0.4, -0.2) is 46.2 Å². The number of methoxy groups -OCH3 is 1. The first-order valence-corrected chi connectivity index (χ1v) is 8.87. The van der Waals surface area contributed by atoms with Gasteiger partial charge in [-0.1, -0.05) is 0 Å². The highest BCUT2D eigenvalue weighted by molar-refractivity contribution is 9.10. The summed E-state index contributed by atoms with van der Waals surface area (Å²) >= 11 is 3.33. The molecule has 2 aromatic heterocycles. The lowest BCUT2D eigenvalue weighted by molar-refractivity contribution is 0.171. The van der Waals surface area contributed by atoms with Crippen LogP contribution < -0.4 is 10.6 Å². The van der Waals surface area contributed by atoms with Crippen molar-refractivity contribution in [1.29, 1.82) is 0 Å². The zero-order chi connectivity index (χ0) is 20.1. The van der Waals surface area contributed by atoms with Crippen molar-refractivity contribution in [3.63, 3.8) is 0 Å². The molecule has 0 atom stereocenters. The maximum absolute atomic E-state index is 14.0. The fourth-order valence-corrected chi connectivity index (χ4v) is 2.76. The van der Waals surface area contributed by atoms with Gasteiger partial charge in [0.2, 0.25) is 0 Å². The van der Waals surface area contributed by atoms with Crippen LogP contribution >= 0.6 is 15.9 Å². The summed E-state index contributed by atoms with van der Waals surface area (Å²) in [5.41, 5.74) is 0.492. The summed E-state index contributed by atoms with van der Waals surface area (Å²) < 4.78 is 32.0. The zero-order valence-electron chi connectivity index (χ0n) is 14.6. The van der Waals surface area contributed by atoms with Gasteiger partial charge in [0.05, 0.1) is 12.7 Å². The number of alkyl carbamates (subject to hydrolysis) is 1. The first-order valence-electron chi connectivity index (χ1n) is 8.08. The van der Waals surface area contributed by atoms with Gasteiger partial charge in [-0.3, -0.25) is 0 Å². The minimum Gasteiger partial charge on any atom is -0.453 e. The van der Waals surface area contributed by atoms with Crippen LogP contribution in [0.5, 0.6) is 0 Å². The summed E-state index contributed by atoms with van der Waals surface area (Å²) in [7, 11) is 1.28. The molecule has 0 radical (unpaired) electrons. The third-order valence-corrected chi connectivity index (χ3v) is 4.17. The molecule has 146 valence electrons. The molecule has 3 N–H and O–H groups in total. The van der Waals surface area contributed by atoms with Gasteiger partial charge in [-0.05, 0) is 34.1 Å². The standard InChI is InChI=1S/C17H15BrF2N6O2/c1-28-17(27)23-7-6-21-12-4-5-22-16(24-12)13-14(18)26-15(25-13)10-3-2-9(19)8-11(10)20/h2-5,8H,6-7H2,1H3,(H,23,27)(H,25,26)(H,21,22,24). The van der Waals surface area contributed by atoms with Gasteiger partial charge >= 0.3 is 6.09 Å². The lowest BCUT2D eigenvalue weighted by atomic mass is 10.2. The van der Waals surface area contributed by atoms with E-state index in [9.17, 15) is 13.6 Å². The van der Waals surface area contributed by atoms with E-state index in [0.29, 0.717) is 35.0 Å². The molecule has 1 aromatic carbocycles. The van der Waals surface area contributed by atoms with Crippen LogP contribution in [0.25, 0.3) is 22.9 Å². The normalized spacial score (nSPS) is 10.6. The number of rotatable bonds is 6. The Labute approximate surface area is 166 Å². The van der Waals surface area contributed by atoms with Crippen LogP contribution in [0.2, 0.25) is 0 Å². The first kappa shape index (κ1) is 19.7. The molecule has 28 heavy (non-hydrogen) atoms. The number of nitrogens with one attached hydrogen (secondary N) is 3. The molecule has 0 aliphatic rings. The number of H-pyrrole nitrogens is 1. The van der Waals surface area contributed by atoms with Crippen molar-refractivity contribution < 1.29 is 18.3 Å². The average Bonchev–Trinajstić information content (AvgIpc) is 3.06. The summed E-state index contributed by atoms with van der Waals surface area (Å²) in [4.78, 5) is 26.8. The number of benzene rings is 1. The SMILES string of the molecule is COC(=O)NCCNc1ccnc(-c2nc(-c3ccc(F)cc3F)[nH]c2Br)n1. The third kappa shape index (κ3) is 4.60. The molecule has 0 bridgehead atoms. The Morgan fingerprint density at radius 1 is 1.25 bits per heavy atom. The second kappa shape index (κ2) is 8.74. The Hall–Kier alpha value is -3.08. The van der Waals surface area contributed by atoms with E-state index in [1.165, 1.54) is 19.4 Å². The lowest BCUT2D eigenvalue weighted by Gasteiger charge is -2.07. The number of ether oxygens (including phenoxy) is 1. The van der Waals surface area contributed by atoms with Crippen molar-refractivity contribution in [2.75, 3.05) is 25.5 Å². The minimum absolute atomic E-state index is 0.122. The highest BCUT2D eigenvalue weighted by atomic mass is 79.9. The van der Waals surface area contributed by atoms with Crippen LogP contribution in [0.3, 0.4) is 0 Å². The first-order chi connectivity index (χ1) is 13.5. The molecule has 0 saturated carbocycles. The molecule has 0 unspecified atom stereocenters. The monoisotopic (exact) mass is 452 g/mol. The van der Waals surface area contributed by atoms with Gasteiger partial charge in [0, 0.05) is 25.4 Å². The summed E-state index contributed by atoms with van der Waals surface area (Å²) in [5.74, 6) is -0.384. The quantitative estimate of drug-likeness (QED) is 0.495. The second-order valence-corrected chi connectivity index (χ2v) is 6.28.